The molecule has 1 heterocycles. The van der Waals surface area contributed by atoms with E-state index in [1.807, 2.05) is 0 Å². The highest BCUT2D eigenvalue weighted by Gasteiger charge is 2.16. The van der Waals surface area contributed by atoms with Gasteiger partial charge < -0.3 is 14.8 Å². The fourth-order valence-electron chi connectivity index (χ4n) is 1.32. The van der Waals surface area contributed by atoms with Gasteiger partial charge in [0.05, 0.1) is 19.8 Å². The molecule has 0 aliphatic heterocycles. The van der Waals surface area contributed by atoms with E-state index in [4.69, 9.17) is 9.47 Å². The van der Waals surface area contributed by atoms with Gasteiger partial charge >= 0.3 is 0 Å². The summed E-state index contributed by atoms with van der Waals surface area (Å²) in [5.41, 5.74) is 0.414. The molecule has 0 aliphatic carbocycles. The van der Waals surface area contributed by atoms with E-state index < -0.39 is 0 Å². The van der Waals surface area contributed by atoms with E-state index in [0.717, 1.165) is 0 Å². The lowest BCUT2D eigenvalue weighted by molar-refractivity contribution is 0.0904. The molecule has 94 valence electrons. The third-order valence-corrected chi connectivity index (χ3v) is 2.88. The predicted molar refractivity (Wildman–Crippen MR) is 67.7 cm³/mol. The molecule has 6 heteroatoms. The van der Waals surface area contributed by atoms with E-state index in [2.05, 4.69) is 26.2 Å². The minimum Gasteiger partial charge on any atom is -0.480 e. The highest BCUT2D eigenvalue weighted by Crippen LogP contribution is 2.13. The molecular weight excluding hydrogens is 288 g/mol. The highest BCUT2D eigenvalue weighted by atomic mass is 79.9. The van der Waals surface area contributed by atoms with Crippen LogP contribution in [0.3, 0.4) is 0 Å². The molecule has 0 aliphatic rings. The number of ether oxygens (including phenoxy) is 2. The van der Waals surface area contributed by atoms with Crippen LogP contribution in [0.2, 0.25) is 0 Å². The summed E-state index contributed by atoms with van der Waals surface area (Å²) in [5.74, 6) is 0.0900. The number of rotatable bonds is 6. The maximum absolute atomic E-state index is 12.0. The van der Waals surface area contributed by atoms with Crippen LogP contribution >= 0.6 is 15.9 Å². The van der Waals surface area contributed by atoms with Crippen molar-refractivity contribution in [1.82, 2.24) is 10.3 Å². The van der Waals surface area contributed by atoms with E-state index in [1.165, 1.54) is 7.11 Å². The Morgan fingerprint density at radius 3 is 2.94 bits per heavy atom. The fraction of sp³-hybridized carbons (Fsp3) is 0.455. The molecule has 1 N–H and O–H groups in total. The molecule has 1 rings (SSSR count). The van der Waals surface area contributed by atoms with Gasteiger partial charge in [-0.05, 0) is 12.1 Å². The van der Waals surface area contributed by atoms with Gasteiger partial charge in [0, 0.05) is 18.6 Å². The normalized spacial score (nSPS) is 11.9. The molecule has 0 spiro atoms. The summed E-state index contributed by atoms with van der Waals surface area (Å²) < 4.78 is 10.0. The third-order valence-electron chi connectivity index (χ3n) is 2.10. The molecule has 1 aromatic rings. The van der Waals surface area contributed by atoms with Crippen LogP contribution in [0, 0.1) is 0 Å². The summed E-state index contributed by atoms with van der Waals surface area (Å²) in [4.78, 5) is 15.9. The van der Waals surface area contributed by atoms with Crippen molar-refractivity contribution in [2.24, 2.45) is 0 Å². The number of aromatic nitrogens is 1. The number of nitrogens with one attached hydrogen (secondary N) is 1. The summed E-state index contributed by atoms with van der Waals surface area (Å²) in [6, 6.07) is 3.27. The number of alkyl halides is 1. The van der Waals surface area contributed by atoms with Crippen LogP contribution in [0.25, 0.3) is 0 Å². The van der Waals surface area contributed by atoms with Crippen LogP contribution in [0.15, 0.2) is 18.3 Å². The summed E-state index contributed by atoms with van der Waals surface area (Å²) in [7, 11) is 3.07. The molecule has 1 aromatic heterocycles. The molecule has 0 fully saturated rings. The number of carbonyl (C=O) groups is 1. The van der Waals surface area contributed by atoms with Crippen molar-refractivity contribution in [1.29, 1.82) is 0 Å². The van der Waals surface area contributed by atoms with Crippen LogP contribution in [-0.2, 0) is 4.74 Å². The zero-order chi connectivity index (χ0) is 12.7. The van der Waals surface area contributed by atoms with Crippen LogP contribution in [-0.4, -0.2) is 43.1 Å². The molecule has 1 unspecified atom stereocenters. The highest BCUT2D eigenvalue weighted by molar-refractivity contribution is 9.09. The standard InChI is InChI=1S/C11H15BrN2O3/c1-16-7-8(6-12)14-10(15)9-4-3-5-13-11(9)17-2/h3-5,8H,6-7H2,1-2H3,(H,14,15). The van der Waals surface area contributed by atoms with E-state index in [1.54, 1.807) is 25.4 Å². The summed E-state index contributed by atoms with van der Waals surface area (Å²) in [5, 5.41) is 3.45. The van der Waals surface area contributed by atoms with Gasteiger partial charge in [-0.25, -0.2) is 4.98 Å². The number of methoxy groups -OCH3 is 2. The van der Waals surface area contributed by atoms with Crippen molar-refractivity contribution in [3.63, 3.8) is 0 Å². The van der Waals surface area contributed by atoms with Gasteiger partial charge in [0.25, 0.3) is 5.91 Å². The van der Waals surface area contributed by atoms with Crippen molar-refractivity contribution >= 4 is 21.8 Å². The Bertz CT molecular complexity index is 373. The van der Waals surface area contributed by atoms with E-state index in [0.29, 0.717) is 23.4 Å². The molecule has 1 atom stereocenters. The summed E-state index contributed by atoms with van der Waals surface area (Å²) in [6.45, 7) is 0.444. The number of hydrogen-bond donors (Lipinski definition) is 1. The molecular formula is C11H15BrN2O3. The van der Waals surface area contributed by atoms with Crippen LogP contribution in [0.5, 0.6) is 5.88 Å². The van der Waals surface area contributed by atoms with Gasteiger partial charge in [0.1, 0.15) is 5.56 Å². The lowest BCUT2D eigenvalue weighted by Crippen LogP contribution is -2.39. The van der Waals surface area contributed by atoms with Crippen molar-refractivity contribution in [2.75, 3.05) is 26.2 Å². The molecule has 5 nitrogen and oxygen atoms in total. The lowest BCUT2D eigenvalue weighted by atomic mass is 10.2. The fourth-order valence-corrected chi connectivity index (χ4v) is 1.66. The zero-order valence-electron chi connectivity index (χ0n) is 9.77. The second-order valence-electron chi connectivity index (χ2n) is 3.34. The number of pyridine rings is 1. The molecule has 0 aromatic carbocycles. The van der Waals surface area contributed by atoms with Crippen molar-refractivity contribution in [2.45, 2.75) is 6.04 Å². The van der Waals surface area contributed by atoms with Gasteiger partial charge in [-0.2, -0.15) is 0 Å². The average Bonchev–Trinajstić information content (AvgIpc) is 2.38. The Morgan fingerprint density at radius 2 is 2.35 bits per heavy atom. The van der Waals surface area contributed by atoms with Gasteiger partial charge in [-0.3, -0.25) is 4.79 Å². The first-order valence-electron chi connectivity index (χ1n) is 5.07. The van der Waals surface area contributed by atoms with Crippen molar-refractivity contribution in [3.05, 3.63) is 23.9 Å². The molecule has 1 amide bonds. The van der Waals surface area contributed by atoms with Gasteiger partial charge in [0.2, 0.25) is 5.88 Å². The monoisotopic (exact) mass is 302 g/mol. The van der Waals surface area contributed by atoms with Crippen molar-refractivity contribution < 1.29 is 14.3 Å². The Morgan fingerprint density at radius 1 is 1.59 bits per heavy atom. The Hall–Kier alpha value is -1.14. The van der Waals surface area contributed by atoms with Crippen LogP contribution in [0.1, 0.15) is 10.4 Å². The first kappa shape index (κ1) is 13.9. The topological polar surface area (TPSA) is 60.5 Å². The Kier molecular flexibility index (Phi) is 5.93. The Labute approximate surface area is 109 Å². The molecule has 0 saturated carbocycles. The van der Waals surface area contributed by atoms with E-state index >= 15 is 0 Å². The van der Waals surface area contributed by atoms with Crippen molar-refractivity contribution in [3.8, 4) is 5.88 Å². The minimum atomic E-state index is -0.226. The number of nitrogens with zero attached hydrogens (tertiary/aromatic N) is 1. The summed E-state index contributed by atoms with van der Waals surface area (Å²) in [6.07, 6.45) is 1.58. The quantitative estimate of drug-likeness (QED) is 0.803. The number of amides is 1. The maximum Gasteiger partial charge on any atom is 0.257 e. The second-order valence-corrected chi connectivity index (χ2v) is 3.99. The lowest BCUT2D eigenvalue weighted by Gasteiger charge is -2.15. The zero-order valence-corrected chi connectivity index (χ0v) is 11.4. The number of hydrogen-bond acceptors (Lipinski definition) is 4. The molecule has 0 radical (unpaired) electrons. The SMILES string of the molecule is COCC(CBr)NC(=O)c1cccnc1OC. The van der Waals surface area contributed by atoms with Crippen LogP contribution < -0.4 is 10.1 Å². The summed E-state index contributed by atoms with van der Waals surface area (Å²) >= 11 is 3.31. The number of carbonyl (C=O) groups excluding carboxylic acids is 1. The predicted octanol–water partition coefficient (Wildman–Crippen LogP) is 1.23. The van der Waals surface area contributed by atoms with E-state index in [9.17, 15) is 4.79 Å². The van der Waals surface area contributed by atoms with Gasteiger partial charge in [-0.1, -0.05) is 15.9 Å². The second kappa shape index (κ2) is 7.24. The maximum atomic E-state index is 12.0. The smallest absolute Gasteiger partial charge is 0.257 e. The van der Waals surface area contributed by atoms with Crippen LogP contribution in [0.4, 0.5) is 0 Å². The Balaban J connectivity index is 2.75. The first-order chi connectivity index (χ1) is 8.22. The molecule has 0 saturated heterocycles. The molecule has 0 bridgehead atoms. The largest absolute Gasteiger partial charge is 0.480 e. The first-order valence-corrected chi connectivity index (χ1v) is 6.19. The number of halogens is 1. The third kappa shape index (κ3) is 3.98. The minimum absolute atomic E-state index is 0.0857. The molecule has 17 heavy (non-hydrogen) atoms. The van der Waals surface area contributed by atoms with Gasteiger partial charge in [0.15, 0.2) is 0 Å². The average molecular weight is 303 g/mol. The van der Waals surface area contributed by atoms with E-state index in [-0.39, 0.29) is 11.9 Å². The van der Waals surface area contributed by atoms with Gasteiger partial charge in [-0.15, -0.1) is 0 Å².